The van der Waals surface area contributed by atoms with Crippen molar-refractivity contribution in [3.63, 3.8) is 0 Å². The first kappa shape index (κ1) is 10.7. The van der Waals surface area contributed by atoms with Gasteiger partial charge in [0.15, 0.2) is 0 Å². The van der Waals surface area contributed by atoms with Gasteiger partial charge in [0.05, 0.1) is 11.3 Å². The fourth-order valence-corrected chi connectivity index (χ4v) is 2.81. The van der Waals surface area contributed by atoms with Crippen LogP contribution < -0.4 is 0 Å². The fourth-order valence-electron chi connectivity index (χ4n) is 2.19. The van der Waals surface area contributed by atoms with E-state index in [1.54, 1.807) is 0 Å². The Hall–Kier alpha value is -1.44. The molecule has 1 heterocycles. The van der Waals surface area contributed by atoms with Gasteiger partial charge in [-0.05, 0) is 29.3 Å². The van der Waals surface area contributed by atoms with Crippen LogP contribution in [0, 0.1) is 16.0 Å². The van der Waals surface area contributed by atoms with Crippen LogP contribution >= 0.6 is 28.1 Å². The smallest absolute Gasteiger partial charge is 0.121 e. The lowest BCUT2D eigenvalue weighted by Crippen LogP contribution is -1.89. The summed E-state index contributed by atoms with van der Waals surface area (Å²) in [6.45, 7) is 0. The van der Waals surface area contributed by atoms with E-state index in [4.69, 9.17) is 17.5 Å². The van der Waals surface area contributed by atoms with E-state index in [1.165, 1.54) is 11.1 Å². The Morgan fingerprint density at radius 2 is 2.12 bits per heavy atom. The van der Waals surface area contributed by atoms with Gasteiger partial charge in [-0.15, -0.1) is 0 Å². The highest BCUT2D eigenvalue weighted by Gasteiger charge is 2.19. The molecule has 1 aromatic heterocycles. The summed E-state index contributed by atoms with van der Waals surface area (Å²) >= 11 is 8.63. The van der Waals surface area contributed by atoms with Gasteiger partial charge in [0.25, 0.3) is 0 Å². The average Bonchev–Trinajstić information content (AvgIpc) is 2.64. The first-order valence-corrected chi connectivity index (χ1v) is 6.34. The van der Waals surface area contributed by atoms with Gasteiger partial charge in [0.2, 0.25) is 0 Å². The van der Waals surface area contributed by atoms with Crippen LogP contribution in [-0.2, 0) is 6.42 Å². The van der Waals surface area contributed by atoms with Gasteiger partial charge < -0.3 is 4.98 Å². The van der Waals surface area contributed by atoms with Gasteiger partial charge in [-0.3, -0.25) is 0 Å². The monoisotopic (exact) mass is 302 g/mol. The first-order chi connectivity index (χ1) is 8.19. The molecule has 0 aliphatic heterocycles. The van der Waals surface area contributed by atoms with E-state index in [9.17, 15) is 0 Å². The van der Waals surface area contributed by atoms with Crippen molar-refractivity contribution in [3.05, 3.63) is 50.1 Å². The number of nitrogens with zero attached hydrogens (tertiary/aromatic N) is 1. The molecule has 0 bridgehead atoms. The maximum absolute atomic E-state index is 8.97. The number of nitrogens with one attached hydrogen (secondary N) is 1. The summed E-state index contributed by atoms with van der Waals surface area (Å²) in [7, 11) is 0. The van der Waals surface area contributed by atoms with Crippen LogP contribution in [0.3, 0.4) is 0 Å². The van der Waals surface area contributed by atoms with E-state index in [0.29, 0.717) is 10.2 Å². The van der Waals surface area contributed by atoms with E-state index in [-0.39, 0.29) is 0 Å². The maximum Gasteiger partial charge on any atom is 0.121 e. The zero-order chi connectivity index (χ0) is 12.0. The van der Waals surface area contributed by atoms with Gasteiger partial charge in [0.1, 0.15) is 10.7 Å². The van der Waals surface area contributed by atoms with Crippen molar-refractivity contribution in [3.8, 4) is 17.3 Å². The summed E-state index contributed by atoms with van der Waals surface area (Å²) in [5, 5.41) is 8.97. The normalized spacial score (nSPS) is 11.8. The molecule has 1 aliphatic carbocycles. The Kier molecular flexibility index (Phi) is 2.39. The summed E-state index contributed by atoms with van der Waals surface area (Å²) in [6.07, 6.45) is 0.852. The molecule has 0 radical (unpaired) electrons. The molecule has 0 atom stereocenters. The minimum absolute atomic E-state index is 0.516. The quantitative estimate of drug-likeness (QED) is 0.639. The molecular weight excluding hydrogens is 296 g/mol. The van der Waals surface area contributed by atoms with Crippen LogP contribution in [0.1, 0.15) is 16.7 Å². The number of H-pyrrole nitrogens is 1. The third kappa shape index (κ3) is 1.63. The Balaban J connectivity index is 2.28. The van der Waals surface area contributed by atoms with E-state index in [2.05, 4.69) is 39.1 Å². The SMILES string of the molecule is N#Cc1cc2c([nH]c1=S)-c1ccc(Br)cc1C2. The standard InChI is InChI=1S/C13H7BrN2S/c14-10-1-2-11-7(5-10)3-8-4-9(6-15)13(17)16-12(8)11/h1-2,4-5H,3H2,(H,16,17). The van der Waals surface area contributed by atoms with Crippen molar-refractivity contribution in [2.45, 2.75) is 6.42 Å². The van der Waals surface area contributed by atoms with E-state index >= 15 is 0 Å². The Labute approximate surface area is 112 Å². The van der Waals surface area contributed by atoms with Crippen LogP contribution in [0.4, 0.5) is 0 Å². The highest BCUT2D eigenvalue weighted by Crippen LogP contribution is 2.36. The van der Waals surface area contributed by atoms with Gasteiger partial charge in [-0.1, -0.05) is 34.2 Å². The van der Waals surface area contributed by atoms with Crippen molar-refractivity contribution >= 4 is 28.1 Å². The molecule has 1 N–H and O–H groups in total. The van der Waals surface area contributed by atoms with Crippen molar-refractivity contribution in [1.82, 2.24) is 4.98 Å². The number of nitriles is 1. The van der Waals surface area contributed by atoms with E-state index in [0.717, 1.165) is 22.2 Å². The topological polar surface area (TPSA) is 39.6 Å². The zero-order valence-corrected chi connectivity index (χ0v) is 11.2. The van der Waals surface area contributed by atoms with Gasteiger partial charge in [-0.2, -0.15) is 5.26 Å². The predicted octanol–water partition coefficient (Wildman–Crippen LogP) is 3.95. The number of rotatable bonds is 0. The van der Waals surface area contributed by atoms with Gasteiger partial charge in [-0.25, -0.2) is 0 Å². The summed E-state index contributed by atoms with van der Waals surface area (Å²) in [6, 6.07) is 10.2. The van der Waals surface area contributed by atoms with Crippen molar-refractivity contribution in [1.29, 1.82) is 5.26 Å². The van der Waals surface area contributed by atoms with E-state index < -0.39 is 0 Å². The lowest BCUT2D eigenvalue weighted by molar-refractivity contribution is 1.20. The number of pyridine rings is 1. The molecule has 0 fully saturated rings. The largest absolute Gasteiger partial charge is 0.345 e. The van der Waals surface area contributed by atoms with Crippen LogP contribution in [0.15, 0.2) is 28.7 Å². The number of fused-ring (bicyclic) bond motifs is 3. The molecule has 0 saturated carbocycles. The number of hydrogen-bond acceptors (Lipinski definition) is 2. The summed E-state index contributed by atoms with van der Waals surface area (Å²) < 4.78 is 1.59. The molecule has 82 valence electrons. The predicted molar refractivity (Wildman–Crippen MR) is 72.3 cm³/mol. The van der Waals surface area contributed by atoms with Crippen LogP contribution in [-0.4, -0.2) is 4.98 Å². The first-order valence-electron chi connectivity index (χ1n) is 5.14. The number of aromatic amines is 1. The second kappa shape index (κ2) is 3.80. The number of aromatic nitrogens is 1. The molecule has 1 aromatic carbocycles. The van der Waals surface area contributed by atoms with Crippen LogP contribution in [0.2, 0.25) is 0 Å². The fraction of sp³-hybridized carbons (Fsp3) is 0.0769. The lowest BCUT2D eigenvalue weighted by Gasteiger charge is -2.02. The highest BCUT2D eigenvalue weighted by molar-refractivity contribution is 9.10. The number of benzene rings is 1. The Morgan fingerprint density at radius 1 is 1.29 bits per heavy atom. The van der Waals surface area contributed by atoms with Gasteiger partial charge in [0, 0.05) is 16.5 Å². The molecule has 3 rings (SSSR count). The van der Waals surface area contributed by atoms with Crippen LogP contribution in [0.25, 0.3) is 11.3 Å². The second-order valence-corrected chi connectivity index (χ2v) is 5.33. The number of hydrogen-bond donors (Lipinski definition) is 1. The minimum Gasteiger partial charge on any atom is -0.345 e. The Bertz CT molecular complexity index is 725. The molecule has 4 heteroatoms. The minimum atomic E-state index is 0.516. The molecular formula is C13H7BrN2S. The number of halogens is 1. The summed E-state index contributed by atoms with van der Waals surface area (Å²) in [5.41, 5.74) is 5.18. The summed E-state index contributed by atoms with van der Waals surface area (Å²) in [4.78, 5) is 3.16. The van der Waals surface area contributed by atoms with Gasteiger partial charge >= 0.3 is 0 Å². The van der Waals surface area contributed by atoms with Crippen molar-refractivity contribution in [2.24, 2.45) is 0 Å². The maximum atomic E-state index is 8.97. The molecule has 1 aliphatic rings. The average molecular weight is 303 g/mol. The highest BCUT2D eigenvalue weighted by atomic mass is 79.9. The molecule has 2 nitrogen and oxygen atoms in total. The van der Waals surface area contributed by atoms with Crippen LogP contribution in [0.5, 0.6) is 0 Å². The molecule has 0 spiro atoms. The molecule has 17 heavy (non-hydrogen) atoms. The summed E-state index contributed by atoms with van der Waals surface area (Å²) in [5.74, 6) is 0. The third-order valence-electron chi connectivity index (χ3n) is 2.96. The van der Waals surface area contributed by atoms with E-state index in [1.807, 2.05) is 12.1 Å². The molecule has 0 unspecified atom stereocenters. The zero-order valence-electron chi connectivity index (χ0n) is 8.75. The molecule has 0 saturated heterocycles. The Morgan fingerprint density at radius 3 is 2.88 bits per heavy atom. The second-order valence-electron chi connectivity index (χ2n) is 4.00. The van der Waals surface area contributed by atoms with Crippen molar-refractivity contribution < 1.29 is 0 Å². The molecule has 0 amide bonds. The lowest BCUT2D eigenvalue weighted by atomic mass is 10.1. The van der Waals surface area contributed by atoms with Crippen molar-refractivity contribution in [2.75, 3.05) is 0 Å². The molecule has 2 aromatic rings. The third-order valence-corrected chi connectivity index (χ3v) is 3.78.